The van der Waals surface area contributed by atoms with Crippen LogP contribution in [0.15, 0.2) is 52.3 Å². The average Bonchev–Trinajstić information content (AvgIpc) is 2.62. The molecule has 2 aromatic carbocycles. The molecule has 26 heavy (non-hydrogen) atoms. The van der Waals surface area contributed by atoms with E-state index < -0.39 is 0 Å². The third-order valence-corrected chi connectivity index (χ3v) is 5.19. The van der Waals surface area contributed by atoms with Crippen molar-refractivity contribution >= 4 is 35.3 Å². The monoisotopic (exact) mass is 366 g/mol. The fraction of sp³-hybridized carbons (Fsp3) is 0.238. The molecule has 4 nitrogen and oxygen atoms in total. The molecule has 0 spiro atoms. The van der Waals surface area contributed by atoms with E-state index in [0.717, 1.165) is 28.9 Å². The van der Waals surface area contributed by atoms with Crippen molar-refractivity contribution in [2.75, 3.05) is 11.9 Å². The predicted molar refractivity (Wildman–Crippen MR) is 107 cm³/mol. The summed E-state index contributed by atoms with van der Waals surface area (Å²) >= 11 is 1.43. The lowest BCUT2D eigenvalue weighted by Crippen LogP contribution is -2.25. The molecule has 3 rings (SSSR count). The van der Waals surface area contributed by atoms with Crippen molar-refractivity contribution in [2.24, 2.45) is 0 Å². The molecule has 2 aromatic rings. The van der Waals surface area contributed by atoms with Gasteiger partial charge in [0.25, 0.3) is 11.8 Å². The fourth-order valence-corrected chi connectivity index (χ4v) is 3.63. The van der Waals surface area contributed by atoms with Crippen molar-refractivity contribution in [1.29, 1.82) is 0 Å². The van der Waals surface area contributed by atoms with E-state index in [1.54, 1.807) is 12.1 Å². The largest absolute Gasteiger partial charge is 0.352 e. The highest BCUT2D eigenvalue weighted by molar-refractivity contribution is 8.04. The van der Waals surface area contributed by atoms with Gasteiger partial charge in [-0.1, -0.05) is 54.9 Å². The van der Waals surface area contributed by atoms with Gasteiger partial charge in [0.2, 0.25) is 0 Å². The van der Waals surface area contributed by atoms with Crippen molar-refractivity contribution in [1.82, 2.24) is 5.32 Å². The number of aryl methyl sites for hydroxylation is 1. The molecule has 1 aliphatic rings. The predicted octanol–water partition coefficient (Wildman–Crippen LogP) is 4.61. The van der Waals surface area contributed by atoms with E-state index in [1.807, 2.05) is 43.3 Å². The van der Waals surface area contributed by atoms with Crippen LogP contribution in [0.1, 0.15) is 41.3 Å². The van der Waals surface area contributed by atoms with Crippen LogP contribution < -0.4 is 10.6 Å². The molecule has 0 fully saturated rings. The number of anilines is 1. The number of benzene rings is 2. The maximum absolute atomic E-state index is 12.4. The van der Waals surface area contributed by atoms with Crippen molar-refractivity contribution in [3.8, 4) is 0 Å². The highest BCUT2D eigenvalue weighted by atomic mass is 32.2. The zero-order valence-electron chi connectivity index (χ0n) is 15.0. The number of carbonyl (C=O) groups is 2. The molecular weight excluding hydrogens is 344 g/mol. The minimum absolute atomic E-state index is 0.110. The molecule has 5 heteroatoms. The Labute approximate surface area is 158 Å². The Morgan fingerprint density at radius 2 is 2.08 bits per heavy atom. The van der Waals surface area contributed by atoms with Gasteiger partial charge in [-0.15, -0.1) is 0 Å². The van der Waals surface area contributed by atoms with Crippen LogP contribution in [0.5, 0.6) is 0 Å². The van der Waals surface area contributed by atoms with Gasteiger partial charge in [0, 0.05) is 17.0 Å². The topological polar surface area (TPSA) is 58.2 Å². The summed E-state index contributed by atoms with van der Waals surface area (Å²) < 4.78 is 0. The molecule has 134 valence electrons. The molecule has 2 N–H and O–H groups in total. The van der Waals surface area contributed by atoms with Gasteiger partial charge in [0.1, 0.15) is 0 Å². The normalized spacial score (nSPS) is 14.7. The first-order chi connectivity index (χ1) is 12.6. The first kappa shape index (κ1) is 18.3. The quantitative estimate of drug-likeness (QED) is 0.600. The average molecular weight is 366 g/mol. The fourth-order valence-electron chi connectivity index (χ4n) is 2.69. The molecular formula is C21H22N2O2S. The summed E-state index contributed by atoms with van der Waals surface area (Å²) in [4.78, 5) is 26.2. The summed E-state index contributed by atoms with van der Waals surface area (Å²) in [6.07, 6.45) is 3.88. The summed E-state index contributed by atoms with van der Waals surface area (Å²) in [6, 6.07) is 13.5. The van der Waals surface area contributed by atoms with Gasteiger partial charge in [-0.2, -0.15) is 0 Å². The molecule has 0 aromatic heterocycles. The molecule has 0 aliphatic carbocycles. The minimum Gasteiger partial charge on any atom is -0.352 e. The lowest BCUT2D eigenvalue weighted by Gasteiger charge is -2.19. The van der Waals surface area contributed by atoms with E-state index in [4.69, 9.17) is 0 Å². The van der Waals surface area contributed by atoms with Crippen LogP contribution in [-0.2, 0) is 4.79 Å². The molecule has 0 bridgehead atoms. The first-order valence-electron chi connectivity index (χ1n) is 8.76. The number of hydrogen-bond donors (Lipinski definition) is 2. The van der Waals surface area contributed by atoms with Gasteiger partial charge in [-0.3, -0.25) is 9.59 Å². The van der Waals surface area contributed by atoms with Crippen molar-refractivity contribution in [3.63, 3.8) is 0 Å². The van der Waals surface area contributed by atoms with Crippen LogP contribution in [0.4, 0.5) is 5.69 Å². The number of hydrogen-bond acceptors (Lipinski definition) is 3. The van der Waals surface area contributed by atoms with Gasteiger partial charge < -0.3 is 10.6 Å². The molecule has 0 radical (unpaired) electrons. The smallest absolute Gasteiger partial charge is 0.262 e. The van der Waals surface area contributed by atoms with Crippen LogP contribution in [0.25, 0.3) is 6.08 Å². The maximum Gasteiger partial charge on any atom is 0.262 e. The maximum atomic E-state index is 12.4. The summed E-state index contributed by atoms with van der Waals surface area (Å²) in [5.41, 5.74) is 3.40. The van der Waals surface area contributed by atoms with Gasteiger partial charge in [-0.05, 0) is 43.2 Å². The molecule has 1 aliphatic heterocycles. The SMILES string of the molecule is CCCCNC(=O)c1ccc2c(c1)NC(=O)/C(=C\c1cccc(C)c1)S2. The van der Waals surface area contributed by atoms with Gasteiger partial charge in [0.15, 0.2) is 0 Å². The number of rotatable bonds is 5. The van der Waals surface area contributed by atoms with E-state index in [2.05, 4.69) is 17.6 Å². The summed E-state index contributed by atoms with van der Waals surface area (Å²) in [6.45, 7) is 4.77. The second-order valence-corrected chi connectivity index (χ2v) is 7.38. The molecule has 0 saturated heterocycles. The Balaban J connectivity index is 1.78. The van der Waals surface area contributed by atoms with Crippen LogP contribution in [-0.4, -0.2) is 18.4 Å². The first-order valence-corrected chi connectivity index (χ1v) is 9.58. The lowest BCUT2D eigenvalue weighted by molar-refractivity contribution is -0.112. The zero-order chi connectivity index (χ0) is 18.5. The minimum atomic E-state index is -0.146. The third-order valence-electron chi connectivity index (χ3n) is 4.09. The number of carbonyl (C=O) groups excluding carboxylic acids is 2. The summed E-state index contributed by atoms with van der Waals surface area (Å²) in [7, 11) is 0. The molecule has 2 amide bonds. The lowest BCUT2D eigenvalue weighted by atomic mass is 10.1. The van der Waals surface area contributed by atoms with Gasteiger partial charge in [-0.25, -0.2) is 0 Å². The number of amides is 2. The van der Waals surface area contributed by atoms with Gasteiger partial charge in [0.05, 0.1) is 10.6 Å². The van der Waals surface area contributed by atoms with E-state index >= 15 is 0 Å². The second kappa shape index (κ2) is 8.23. The Morgan fingerprint density at radius 3 is 2.85 bits per heavy atom. The Bertz CT molecular complexity index is 874. The van der Waals surface area contributed by atoms with Crippen molar-refractivity contribution < 1.29 is 9.59 Å². The Kier molecular flexibility index (Phi) is 5.78. The van der Waals surface area contributed by atoms with Crippen molar-refractivity contribution in [3.05, 3.63) is 64.1 Å². The molecule has 1 heterocycles. The Morgan fingerprint density at radius 1 is 1.23 bits per heavy atom. The summed E-state index contributed by atoms with van der Waals surface area (Å²) in [5, 5.41) is 5.79. The third kappa shape index (κ3) is 4.35. The highest BCUT2D eigenvalue weighted by Gasteiger charge is 2.22. The van der Waals surface area contributed by atoms with E-state index in [-0.39, 0.29) is 11.8 Å². The number of nitrogens with one attached hydrogen (secondary N) is 2. The number of thioether (sulfide) groups is 1. The van der Waals surface area contributed by atoms with Crippen molar-refractivity contribution in [2.45, 2.75) is 31.6 Å². The standard InChI is InChI=1S/C21H22N2O2S/c1-3-4-10-22-20(24)16-8-9-18-17(13-16)23-21(25)19(26-18)12-15-7-5-6-14(2)11-15/h5-9,11-13H,3-4,10H2,1-2H3,(H,22,24)(H,23,25)/b19-12+. The van der Waals surface area contributed by atoms with Crippen LogP contribution in [0.3, 0.4) is 0 Å². The van der Waals surface area contributed by atoms with Gasteiger partial charge >= 0.3 is 0 Å². The molecule has 0 atom stereocenters. The van der Waals surface area contributed by atoms with E-state index in [1.165, 1.54) is 11.8 Å². The molecule has 0 saturated carbocycles. The summed E-state index contributed by atoms with van der Waals surface area (Å²) in [5.74, 6) is -0.255. The molecule has 0 unspecified atom stereocenters. The van der Waals surface area contributed by atoms with E-state index in [9.17, 15) is 9.59 Å². The van der Waals surface area contributed by atoms with E-state index in [0.29, 0.717) is 22.7 Å². The second-order valence-electron chi connectivity index (χ2n) is 6.30. The van der Waals surface area contributed by atoms with Crippen LogP contribution >= 0.6 is 11.8 Å². The zero-order valence-corrected chi connectivity index (χ0v) is 15.8. The number of fused-ring (bicyclic) bond motifs is 1. The van der Waals surface area contributed by atoms with Crippen LogP contribution in [0, 0.1) is 6.92 Å². The van der Waals surface area contributed by atoms with Crippen LogP contribution in [0.2, 0.25) is 0 Å². The number of unbranched alkanes of at least 4 members (excludes halogenated alkanes) is 1. The Hall–Kier alpha value is -2.53. The highest BCUT2D eigenvalue weighted by Crippen LogP contribution is 2.39.